The molecule has 1 saturated heterocycles. The summed E-state index contributed by atoms with van der Waals surface area (Å²) in [6, 6.07) is 3.51. The van der Waals surface area contributed by atoms with E-state index in [-0.39, 0.29) is 11.5 Å². The molecule has 0 bridgehead atoms. The predicted octanol–water partition coefficient (Wildman–Crippen LogP) is -0.324. The van der Waals surface area contributed by atoms with Crippen LogP contribution in [0.15, 0.2) is 23.1 Å². The Morgan fingerprint density at radius 2 is 2.10 bits per heavy atom. The van der Waals surface area contributed by atoms with Crippen molar-refractivity contribution in [2.75, 3.05) is 39.9 Å². The molecule has 0 unspecified atom stereocenters. The van der Waals surface area contributed by atoms with E-state index in [1.54, 1.807) is 19.3 Å². The minimum absolute atomic E-state index is 0.0320. The third-order valence-electron chi connectivity index (χ3n) is 3.39. The van der Waals surface area contributed by atoms with E-state index in [4.69, 9.17) is 4.74 Å². The number of amides is 1. The molecule has 0 atom stereocenters. The van der Waals surface area contributed by atoms with Gasteiger partial charge in [0.15, 0.2) is 0 Å². The lowest BCUT2D eigenvalue weighted by Crippen LogP contribution is -2.44. The van der Waals surface area contributed by atoms with Gasteiger partial charge in [-0.1, -0.05) is 0 Å². The molecule has 1 aliphatic heterocycles. The van der Waals surface area contributed by atoms with E-state index >= 15 is 0 Å². The summed E-state index contributed by atoms with van der Waals surface area (Å²) in [6.07, 6.45) is 1.75. The van der Waals surface area contributed by atoms with Gasteiger partial charge in [0.2, 0.25) is 5.91 Å². The van der Waals surface area contributed by atoms with Crippen LogP contribution in [0.1, 0.15) is 5.56 Å². The zero-order chi connectivity index (χ0) is 14.5. The number of ether oxygens (including phenoxy) is 1. The molecule has 1 aromatic heterocycles. The van der Waals surface area contributed by atoms with Gasteiger partial charge in [0.05, 0.1) is 19.8 Å². The summed E-state index contributed by atoms with van der Waals surface area (Å²) in [6.45, 7) is 3.51. The lowest BCUT2D eigenvalue weighted by molar-refractivity contribution is -0.136. The molecule has 2 rings (SSSR count). The Labute approximate surface area is 118 Å². The van der Waals surface area contributed by atoms with E-state index < -0.39 is 0 Å². The van der Waals surface area contributed by atoms with Crippen LogP contribution in [0, 0.1) is 0 Å². The van der Waals surface area contributed by atoms with Crippen LogP contribution < -0.4 is 5.56 Å². The highest BCUT2D eigenvalue weighted by atomic mass is 16.5. The van der Waals surface area contributed by atoms with Crippen LogP contribution in [-0.4, -0.2) is 60.2 Å². The molecule has 0 radical (unpaired) electrons. The van der Waals surface area contributed by atoms with Crippen molar-refractivity contribution in [3.63, 3.8) is 0 Å². The number of hydrogen-bond acceptors (Lipinski definition) is 4. The van der Waals surface area contributed by atoms with Crippen molar-refractivity contribution in [3.05, 3.63) is 34.2 Å². The van der Waals surface area contributed by atoms with E-state index in [0.717, 1.165) is 5.56 Å². The molecule has 1 aromatic rings. The smallest absolute Gasteiger partial charge is 0.250 e. The number of pyridine rings is 1. The summed E-state index contributed by atoms with van der Waals surface area (Å²) >= 11 is 0. The Morgan fingerprint density at radius 1 is 1.40 bits per heavy atom. The molecule has 20 heavy (non-hydrogen) atoms. The number of aromatic nitrogens is 1. The lowest BCUT2D eigenvalue weighted by Gasteiger charge is -2.28. The van der Waals surface area contributed by atoms with Crippen molar-refractivity contribution in [2.45, 2.75) is 6.54 Å². The third-order valence-corrected chi connectivity index (χ3v) is 3.39. The van der Waals surface area contributed by atoms with Gasteiger partial charge in [0, 0.05) is 38.9 Å². The van der Waals surface area contributed by atoms with Crippen molar-refractivity contribution < 1.29 is 9.53 Å². The number of carbonyl (C=O) groups excluding carboxylic acids is 1. The van der Waals surface area contributed by atoms with Gasteiger partial charge >= 0.3 is 0 Å². The topological polar surface area (TPSA) is 54.8 Å². The van der Waals surface area contributed by atoms with Crippen LogP contribution >= 0.6 is 0 Å². The van der Waals surface area contributed by atoms with Gasteiger partial charge in [0.1, 0.15) is 0 Å². The van der Waals surface area contributed by atoms with Crippen LogP contribution in [0.25, 0.3) is 0 Å². The first-order chi connectivity index (χ1) is 9.56. The van der Waals surface area contributed by atoms with Crippen molar-refractivity contribution >= 4 is 5.91 Å². The van der Waals surface area contributed by atoms with Crippen molar-refractivity contribution in [3.8, 4) is 0 Å². The summed E-state index contributed by atoms with van der Waals surface area (Å²) in [5, 5.41) is 0. The Bertz CT molecular complexity index is 521. The SMILES string of the molecule is CN(CC(=O)N1CCOCC1)Cc1ccn(C)c(=O)c1. The van der Waals surface area contributed by atoms with Gasteiger partial charge in [-0.15, -0.1) is 0 Å². The highest BCUT2D eigenvalue weighted by Crippen LogP contribution is 2.02. The number of aryl methyl sites for hydroxylation is 1. The minimum atomic E-state index is -0.0320. The van der Waals surface area contributed by atoms with E-state index in [9.17, 15) is 9.59 Å². The fourth-order valence-electron chi connectivity index (χ4n) is 2.20. The van der Waals surface area contributed by atoms with Crippen molar-refractivity contribution in [2.24, 2.45) is 7.05 Å². The molecule has 6 heteroatoms. The maximum atomic E-state index is 12.1. The van der Waals surface area contributed by atoms with Gasteiger partial charge in [0.25, 0.3) is 5.56 Å². The Morgan fingerprint density at radius 3 is 2.75 bits per heavy atom. The summed E-state index contributed by atoms with van der Waals surface area (Å²) in [4.78, 5) is 27.4. The van der Waals surface area contributed by atoms with Crippen LogP contribution in [0.2, 0.25) is 0 Å². The normalized spacial score (nSPS) is 15.7. The quantitative estimate of drug-likeness (QED) is 0.758. The highest BCUT2D eigenvalue weighted by Gasteiger charge is 2.18. The zero-order valence-corrected chi connectivity index (χ0v) is 12.0. The minimum Gasteiger partial charge on any atom is -0.378 e. The van der Waals surface area contributed by atoms with Crippen LogP contribution in [0.3, 0.4) is 0 Å². The zero-order valence-electron chi connectivity index (χ0n) is 12.0. The molecule has 0 aliphatic carbocycles. The van der Waals surface area contributed by atoms with Gasteiger partial charge in [-0.2, -0.15) is 0 Å². The number of rotatable bonds is 4. The molecule has 0 aromatic carbocycles. The van der Waals surface area contributed by atoms with E-state index in [1.807, 2.05) is 22.9 Å². The molecule has 6 nitrogen and oxygen atoms in total. The second-order valence-electron chi connectivity index (χ2n) is 5.15. The third kappa shape index (κ3) is 3.91. The maximum Gasteiger partial charge on any atom is 0.250 e. The van der Waals surface area contributed by atoms with Gasteiger partial charge < -0.3 is 14.2 Å². The first-order valence-electron chi connectivity index (χ1n) is 6.76. The number of carbonyl (C=O) groups is 1. The molecule has 0 saturated carbocycles. The Hall–Kier alpha value is -1.66. The number of hydrogen-bond donors (Lipinski definition) is 0. The van der Waals surface area contributed by atoms with E-state index in [2.05, 4.69) is 0 Å². The van der Waals surface area contributed by atoms with Gasteiger partial charge in [-0.3, -0.25) is 14.5 Å². The Kier molecular flexibility index (Phi) is 4.92. The molecule has 1 fully saturated rings. The van der Waals surface area contributed by atoms with Gasteiger partial charge in [-0.05, 0) is 18.7 Å². The molecule has 0 N–H and O–H groups in total. The first-order valence-corrected chi connectivity index (χ1v) is 6.76. The number of nitrogens with zero attached hydrogens (tertiary/aromatic N) is 3. The second-order valence-corrected chi connectivity index (χ2v) is 5.15. The predicted molar refractivity (Wildman–Crippen MR) is 75.4 cm³/mol. The summed E-state index contributed by atoms with van der Waals surface area (Å²) in [7, 11) is 3.60. The van der Waals surface area contributed by atoms with Crippen molar-refractivity contribution in [1.82, 2.24) is 14.4 Å². The van der Waals surface area contributed by atoms with Gasteiger partial charge in [-0.25, -0.2) is 0 Å². The lowest BCUT2D eigenvalue weighted by atomic mass is 10.2. The molecule has 110 valence electrons. The monoisotopic (exact) mass is 279 g/mol. The average molecular weight is 279 g/mol. The standard InChI is InChI=1S/C14H21N3O3/c1-15(10-12-3-4-16(2)13(18)9-12)11-14(19)17-5-7-20-8-6-17/h3-4,9H,5-8,10-11H2,1-2H3. The molecule has 2 heterocycles. The average Bonchev–Trinajstić information content (AvgIpc) is 2.44. The molecule has 1 aliphatic rings. The molecular formula is C14H21N3O3. The molecule has 0 spiro atoms. The largest absolute Gasteiger partial charge is 0.378 e. The maximum absolute atomic E-state index is 12.1. The second kappa shape index (κ2) is 6.67. The number of likely N-dealkylation sites (N-methyl/N-ethyl adjacent to an activating group) is 1. The first kappa shape index (κ1) is 14.7. The summed E-state index contributed by atoms with van der Waals surface area (Å²) in [5.41, 5.74) is 0.890. The van der Waals surface area contributed by atoms with E-state index in [0.29, 0.717) is 39.4 Å². The fourth-order valence-corrected chi connectivity index (χ4v) is 2.20. The molecular weight excluding hydrogens is 258 g/mol. The summed E-state index contributed by atoms with van der Waals surface area (Å²) < 4.78 is 6.76. The molecule has 1 amide bonds. The van der Waals surface area contributed by atoms with Crippen LogP contribution in [-0.2, 0) is 23.1 Å². The highest BCUT2D eigenvalue weighted by molar-refractivity contribution is 5.78. The van der Waals surface area contributed by atoms with Crippen LogP contribution in [0.4, 0.5) is 0 Å². The van der Waals surface area contributed by atoms with Crippen molar-refractivity contribution in [1.29, 1.82) is 0 Å². The van der Waals surface area contributed by atoms with Crippen LogP contribution in [0.5, 0.6) is 0 Å². The fraction of sp³-hybridized carbons (Fsp3) is 0.571. The summed E-state index contributed by atoms with van der Waals surface area (Å²) in [5.74, 6) is 0.111. The Balaban J connectivity index is 1.88. The number of morpholine rings is 1. The van der Waals surface area contributed by atoms with E-state index in [1.165, 1.54) is 4.57 Å².